The normalized spacial score (nSPS) is 22.2. The van der Waals surface area contributed by atoms with E-state index < -0.39 is 10.0 Å². The van der Waals surface area contributed by atoms with Gasteiger partial charge in [-0.3, -0.25) is 5.43 Å². The maximum absolute atomic E-state index is 11.9. The Labute approximate surface area is 99.9 Å². The Hall–Kier alpha value is -1.25. The van der Waals surface area contributed by atoms with Crippen LogP contribution in [0.1, 0.15) is 20.3 Å². The summed E-state index contributed by atoms with van der Waals surface area (Å²) >= 11 is 0. The standard InChI is InChI=1S/C9H15N5O2S/c1-9(2)3-7(9)14-17(15,16)6-4-11-8(13-10)12-5-6/h4-5,7,14H,3,10H2,1-2H3,(H,11,12,13). The lowest BCUT2D eigenvalue weighted by molar-refractivity contribution is 0.554. The van der Waals surface area contributed by atoms with E-state index in [1.165, 1.54) is 12.4 Å². The maximum atomic E-state index is 11.9. The first-order valence-electron chi connectivity index (χ1n) is 5.16. The molecule has 1 aliphatic rings. The van der Waals surface area contributed by atoms with Gasteiger partial charge in [-0.05, 0) is 11.8 Å². The number of aromatic nitrogens is 2. The number of sulfonamides is 1. The van der Waals surface area contributed by atoms with E-state index in [2.05, 4.69) is 20.1 Å². The molecule has 0 bridgehead atoms. The second-order valence-corrected chi connectivity index (χ2v) is 6.47. The van der Waals surface area contributed by atoms with Crippen molar-refractivity contribution in [2.45, 2.75) is 31.2 Å². The van der Waals surface area contributed by atoms with Crippen LogP contribution in [-0.2, 0) is 10.0 Å². The van der Waals surface area contributed by atoms with Gasteiger partial charge in [-0.2, -0.15) is 0 Å². The van der Waals surface area contributed by atoms with Gasteiger partial charge in [-0.25, -0.2) is 29.0 Å². The first kappa shape index (κ1) is 12.2. The largest absolute Gasteiger partial charge is 0.292 e. The zero-order valence-corrected chi connectivity index (χ0v) is 10.5. The summed E-state index contributed by atoms with van der Waals surface area (Å²) in [5.41, 5.74) is 2.27. The Morgan fingerprint density at radius 2 is 1.94 bits per heavy atom. The van der Waals surface area contributed by atoms with Crippen LogP contribution in [0, 0.1) is 5.41 Å². The minimum absolute atomic E-state index is 0.0141. The van der Waals surface area contributed by atoms with Crippen LogP contribution in [0.15, 0.2) is 17.3 Å². The van der Waals surface area contributed by atoms with Gasteiger partial charge in [0.1, 0.15) is 4.90 Å². The molecule has 4 N–H and O–H groups in total. The third-order valence-electron chi connectivity index (χ3n) is 2.88. The first-order valence-corrected chi connectivity index (χ1v) is 6.64. The van der Waals surface area contributed by atoms with Gasteiger partial charge in [0.25, 0.3) is 0 Å². The van der Waals surface area contributed by atoms with E-state index in [0.29, 0.717) is 0 Å². The number of nitrogens with zero attached hydrogens (tertiary/aromatic N) is 2. The summed E-state index contributed by atoms with van der Waals surface area (Å²) in [5, 5.41) is 0. The van der Waals surface area contributed by atoms with Crippen molar-refractivity contribution in [1.29, 1.82) is 0 Å². The molecular weight excluding hydrogens is 242 g/mol. The van der Waals surface area contributed by atoms with Gasteiger partial charge in [-0.1, -0.05) is 13.8 Å². The molecule has 17 heavy (non-hydrogen) atoms. The van der Waals surface area contributed by atoms with Crippen molar-refractivity contribution in [1.82, 2.24) is 14.7 Å². The van der Waals surface area contributed by atoms with Crippen molar-refractivity contribution in [2.24, 2.45) is 11.3 Å². The average Bonchev–Trinajstić information content (AvgIpc) is 2.85. The Balaban J connectivity index is 2.14. The van der Waals surface area contributed by atoms with Gasteiger partial charge >= 0.3 is 0 Å². The minimum Gasteiger partial charge on any atom is -0.292 e. The van der Waals surface area contributed by atoms with E-state index in [4.69, 9.17) is 5.84 Å². The summed E-state index contributed by atoms with van der Waals surface area (Å²) < 4.78 is 26.5. The number of nitrogens with one attached hydrogen (secondary N) is 2. The quantitative estimate of drug-likeness (QED) is 0.510. The fraction of sp³-hybridized carbons (Fsp3) is 0.556. The van der Waals surface area contributed by atoms with Gasteiger partial charge in [0.05, 0.1) is 12.4 Å². The van der Waals surface area contributed by atoms with E-state index >= 15 is 0 Å². The second-order valence-electron chi connectivity index (χ2n) is 4.75. The zero-order valence-electron chi connectivity index (χ0n) is 9.64. The van der Waals surface area contributed by atoms with Crippen LogP contribution in [-0.4, -0.2) is 24.4 Å². The van der Waals surface area contributed by atoms with Crippen molar-refractivity contribution < 1.29 is 8.42 Å². The Morgan fingerprint density at radius 3 is 2.35 bits per heavy atom. The molecule has 1 aliphatic carbocycles. The Bertz CT molecular complexity index is 511. The molecule has 1 atom stereocenters. The predicted molar refractivity (Wildman–Crippen MR) is 62.3 cm³/mol. The van der Waals surface area contributed by atoms with E-state index in [-0.39, 0.29) is 22.3 Å². The number of nitrogens with two attached hydrogens (primary N) is 1. The van der Waals surface area contributed by atoms with Crippen LogP contribution in [0.2, 0.25) is 0 Å². The van der Waals surface area contributed by atoms with Crippen LogP contribution >= 0.6 is 0 Å². The van der Waals surface area contributed by atoms with E-state index in [1.807, 2.05) is 13.8 Å². The molecule has 8 heteroatoms. The number of hydrazine groups is 1. The monoisotopic (exact) mass is 257 g/mol. The molecule has 1 heterocycles. The number of hydrogen-bond acceptors (Lipinski definition) is 6. The maximum Gasteiger partial charge on any atom is 0.243 e. The molecule has 1 aromatic heterocycles. The molecule has 0 radical (unpaired) electrons. The third-order valence-corrected chi connectivity index (χ3v) is 4.30. The summed E-state index contributed by atoms with van der Waals surface area (Å²) in [5.74, 6) is 5.27. The third kappa shape index (κ3) is 2.54. The molecular formula is C9H15N5O2S. The molecule has 0 aliphatic heterocycles. The fourth-order valence-electron chi connectivity index (χ4n) is 1.45. The van der Waals surface area contributed by atoms with Gasteiger partial charge in [-0.15, -0.1) is 0 Å². The molecule has 0 saturated heterocycles. The lowest BCUT2D eigenvalue weighted by Crippen LogP contribution is -2.28. The van der Waals surface area contributed by atoms with Crippen LogP contribution < -0.4 is 16.0 Å². The molecule has 1 saturated carbocycles. The zero-order chi connectivity index (χ0) is 12.7. The fourth-order valence-corrected chi connectivity index (χ4v) is 2.75. The van der Waals surface area contributed by atoms with Gasteiger partial charge < -0.3 is 0 Å². The van der Waals surface area contributed by atoms with Crippen molar-refractivity contribution in [3.8, 4) is 0 Å². The van der Waals surface area contributed by atoms with Crippen LogP contribution in [0.4, 0.5) is 5.95 Å². The van der Waals surface area contributed by atoms with Crippen LogP contribution in [0.25, 0.3) is 0 Å². The minimum atomic E-state index is -3.54. The number of nitrogen functional groups attached to an aromatic ring is 1. The molecule has 0 aromatic carbocycles. The van der Waals surface area contributed by atoms with E-state index in [1.54, 1.807) is 0 Å². The predicted octanol–water partition coefficient (Wildman–Crippen LogP) is -0.161. The van der Waals surface area contributed by atoms with Crippen LogP contribution in [0.5, 0.6) is 0 Å². The van der Waals surface area contributed by atoms with Gasteiger partial charge in [0, 0.05) is 6.04 Å². The molecule has 1 aromatic rings. The van der Waals surface area contributed by atoms with E-state index in [9.17, 15) is 8.42 Å². The van der Waals surface area contributed by atoms with Crippen molar-refractivity contribution >= 4 is 16.0 Å². The van der Waals surface area contributed by atoms with Crippen LogP contribution in [0.3, 0.4) is 0 Å². The average molecular weight is 257 g/mol. The molecule has 7 nitrogen and oxygen atoms in total. The SMILES string of the molecule is CC1(C)CC1NS(=O)(=O)c1cnc(NN)nc1. The van der Waals surface area contributed by atoms with Crippen molar-refractivity contribution in [3.63, 3.8) is 0 Å². The second kappa shape index (κ2) is 3.90. The Kier molecular flexibility index (Phi) is 2.80. The lowest BCUT2D eigenvalue weighted by atomic mass is 10.2. The lowest BCUT2D eigenvalue weighted by Gasteiger charge is -2.07. The molecule has 0 spiro atoms. The van der Waals surface area contributed by atoms with Crippen molar-refractivity contribution in [2.75, 3.05) is 5.43 Å². The summed E-state index contributed by atoms with van der Waals surface area (Å²) in [6.07, 6.45) is 3.29. The topological polar surface area (TPSA) is 110 Å². The van der Waals surface area contributed by atoms with Gasteiger partial charge in [0.15, 0.2) is 0 Å². The molecule has 0 amide bonds. The highest BCUT2D eigenvalue weighted by Gasteiger charge is 2.47. The van der Waals surface area contributed by atoms with Crippen molar-refractivity contribution in [3.05, 3.63) is 12.4 Å². The molecule has 2 rings (SSSR count). The summed E-state index contributed by atoms with van der Waals surface area (Å²) in [6, 6.07) is -0.0141. The number of hydrogen-bond donors (Lipinski definition) is 3. The molecule has 1 fully saturated rings. The summed E-state index contributed by atoms with van der Waals surface area (Å²) in [4.78, 5) is 7.56. The Morgan fingerprint density at radius 1 is 1.41 bits per heavy atom. The molecule has 94 valence electrons. The number of rotatable bonds is 4. The highest BCUT2D eigenvalue weighted by molar-refractivity contribution is 7.89. The summed E-state index contributed by atoms with van der Waals surface area (Å²) in [7, 11) is -3.54. The summed E-state index contributed by atoms with van der Waals surface area (Å²) in [6.45, 7) is 4.02. The smallest absolute Gasteiger partial charge is 0.243 e. The highest BCUT2D eigenvalue weighted by Crippen LogP contribution is 2.45. The number of anilines is 1. The van der Waals surface area contributed by atoms with Gasteiger partial charge in [0.2, 0.25) is 16.0 Å². The first-order chi connectivity index (χ1) is 7.85. The molecule has 1 unspecified atom stereocenters. The van der Waals surface area contributed by atoms with E-state index in [0.717, 1.165) is 6.42 Å². The highest BCUT2D eigenvalue weighted by atomic mass is 32.2.